The van der Waals surface area contributed by atoms with Crippen molar-refractivity contribution < 1.29 is 4.79 Å². The lowest BCUT2D eigenvalue weighted by Crippen LogP contribution is -2.39. The molecule has 1 aliphatic carbocycles. The molecule has 0 spiro atoms. The van der Waals surface area contributed by atoms with Crippen LogP contribution in [0.5, 0.6) is 0 Å². The van der Waals surface area contributed by atoms with Crippen molar-refractivity contribution in [2.45, 2.75) is 45.7 Å². The molecule has 0 heterocycles. The molecule has 0 fully saturated rings. The molecule has 1 aromatic carbocycles. The molecule has 92 valence electrons. The van der Waals surface area contributed by atoms with Crippen LogP contribution in [0.3, 0.4) is 0 Å². The predicted molar refractivity (Wildman–Crippen MR) is 69.0 cm³/mol. The lowest BCUT2D eigenvalue weighted by molar-refractivity contribution is 0.238. The maximum atomic E-state index is 11.4. The highest BCUT2D eigenvalue weighted by molar-refractivity contribution is 5.74. The van der Waals surface area contributed by atoms with Crippen LogP contribution in [0.1, 0.15) is 37.0 Å². The highest BCUT2D eigenvalue weighted by Gasteiger charge is 2.11. The Hall–Kier alpha value is -1.51. The zero-order valence-electron chi connectivity index (χ0n) is 10.5. The summed E-state index contributed by atoms with van der Waals surface area (Å²) in [5, 5.41) is 5.69. The summed E-state index contributed by atoms with van der Waals surface area (Å²) in [5.74, 6) is 0. The SMILES string of the molecule is CC(C)NC(=O)NCc1ccc2c(c1)CCC2. The van der Waals surface area contributed by atoms with Crippen LogP contribution < -0.4 is 10.6 Å². The highest BCUT2D eigenvalue weighted by atomic mass is 16.2. The van der Waals surface area contributed by atoms with E-state index in [9.17, 15) is 4.79 Å². The van der Waals surface area contributed by atoms with Crippen LogP contribution in [-0.2, 0) is 19.4 Å². The van der Waals surface area contributed by atoms with Gasteiger partial charge >= 0.3 is 6.03 Å². The molecule has 3 heteroatoms. The number of hydrogen-bond donors (Lipinski definition) is 2. The molecule has 3 nitrogen and oxygen atoms in total. The molecule has 0 aromatic heterocycles. The average Bonchev–Trinajstić information content (AvgIpc) is 2.72. The van der Waals surface area contributed by atoms with Crippen molar-refractivity contribution in [3.05, 3.63) is 34.9 Å². The van der Waals surface area contributed by atoms with Gasteiger partial charge in [0, 0.05) is 12.6 Å². The molecule has 0 radical (unpaired) electrons. The number of nitrogens with one attached hydrogen (secondary N) is 2. The molecule has 2 N–H and O–H groups in total. The number of aryl methyl sites for hydroxylation is 2. The molecule has 0 atom stereocenters. The molecule has 0 unspecified atom stereocenters. The number of rotatable bonds is 3. The minimum atomic E-state index is -0.0968. The van der Waals surface area contributed by atoms with E-state index >= 15 is 0 Å². The molecular formula is C14H20N2O. The van der Waals surface area contributed by atoms with E-state index in [0.29, 0.717) is 6.54 Å². The van der Waals surface area contributed by atoms with Crippen LogP contribution in [0, 0.1) is 0 Å². The molecule has 0 aliphatic heterocycles. The zero-order valence-corrected chi connectivity index (χ0v) is 10.5. The molecule has 0 bridgehead atoms. The van der Waals surface area contributed by atoms with Gasteiger partial charge in [-0.15, -0.1) is 0 Å². The van der Waals surface area contributed by atoms with Crippen molar-refractivity contribution in [2.75, 3.05) is 0 Å². The Balaban J connectivity index is 1.89. The summed E-state index contributed by atoms with van der Waals surface area (Å²) in [4.78, 5) is 11.4. The maximum absolute atomic E-state index is 11.4. The van der Waals surface area contributed by atoms with E-state index in [1.807, 2.05) is 13.8 Å². The van der Waals surface area contributed by atoms with Crippen LogP contribution in [0.15, 0.2) is 18.2 Å². The van der Waals surface area contributed by atoms with Crippen molar-refractivity contribution in [1.29, 1.82) is 0 Å². The first-order chi connectivity index (χ1) is 8.15. The molecule has 0 saturated heterocycles. The van der Waals surface area contributed by atoms with Gasteiger partial charge in [-0.3, -0.25) is 0 Å². The number of amides is 2. The topological polar surface area (TPSA) is 41.1 Å². The molecular weight excluding hydrogens is 212 g/mol. The van der Waals surface area contributed by atoms with Crippen LogP contribution in [0.4, 0.5) is 4.79 Å². The molecule has 2 amide bonds. The summed E-state index contributed by atoms with van der Waals surface area (Å²) in [5.41, 5.74) is 4.11. The number of benzene rings is 1. The first-order valence-electron chi connectivity index (χ1n) is 6.30. The van der Waals surface area contributed by atoms with Gasteiger partial charge in [0.05, 0.1) is 0 Å². The Morgan fingerprint density at radius 3 is 2.82 bits per heavy atom. The van der Waals surface area contributed by atoms with Crippen molar-refractivity contribution in [1.82, 2.24) is 10.6 Å². The second kappa shape index (κ2) is 5.21. The summed E-state index contributed by atoms with van der Waals surface area (Å²) in [6, 6.07) is 6.60. The van der Waals surface area contributed by atoms with Crippen molar-refractivity contribution in [3.8, 4) is 0 Å². The number of carbonyl (C=O) groups is 1. The fourth-order valence-electron chi connectivity index (χ4n) is 2.23. The van der Waals surface area contributed by atoms with E-state index in [1.165, 1.54) is 36.0 Å². The van der Waals surface area contributed by atoms with E-state index in [0.717, 1.165) is 0 Å². The van der Waals surface area contributed by atoms with E-state index < -0.39 is 0 Å². The number of carbonyl (C=O) groups excluding carboxylic acids is 1. The van der Waals surface area contributed by atoms with Gasteiger partial charge in [0.1, 0.15) is 0 Å². The summed E-state index contributed by atoms with van der Waals surface area (Å²) >= 11 is 0. The zero-order chi connectivity index (χ0) is 12.3. The lowest BCUT2D eigenvalue weighted by atomic mass is 10.1. The van der Waals surface area contributed by atoms with Gasteiger partial charge in [0.25, 0.3) is 0 Å². The normalized spacial score (nSPS) is 13.6. The highest BCUT2D eigenvalue weighted by Crippen LogP contribution is 2.22. The summed E-state index contributed by atoms with van der Waals surface area (Å²) in [7, 11) is 0. The molecule has 2 rings (SSSR count). The monoisotopic (exact) mass is 232 g/mol. The van der Waals surface area contributed by atoms with Gasteiger partial charge in [-0.1, -0.05) is 18.2 Å². The molecule has 1 aromatic rings. The fraction of sp³-hybridized carbons (Fsp3) is 0.500. The van der Waals surface area contributed by atoms with Gasteiger partial charge < -0.3 is 10.6 Å². The van der Waals surface area contributed by atoms with Crippen molar-refractivity contribution >= 4 is 6.03 Å². The molecule has 17 heavy (non-hydrogen) atoms. The summed E-state index contributed by atoms with van der Waals surface area (Å²) in [6.45, 7) is 4.51. The third-order valence-electron chi connectivity index (χ3n) is 3.04. The van der Waals surface area contributed by atoms with E-state index in [1.54, 1.807) is 0 Å². The largest absolute Gasteiger partial charge is 0.336 e. The van der Waals surface area contributed by atoms with Gasteiger partial charge in [0.15, 0.2) is 0 Å². The second-order valence-electron chi connectivity index (χ2n) is 4.94. The Bertz CT molecular complexity index is 413. The van der Waals surface area contributed by atoms with Crippen LogP contribution in [0.2, 0.25) is 0 Å². The quantitative estimate of drug-likeness (QED) is 0.825. The fourth-order valence-corrected chi connectivity index (χ4v) is 2.23. The number of urea groups is 1. The summed E-state index contributed by atoms with van der Waals surface area (Å²) < 4.78 is 0. The Labute approximate surface area is 103 Å². The summed E-state index contributed by atoms with van der Waals surface area (Å²) in [6.07, 6.45) is 3.65. The second-order valence-corrected chi connectivity index (χ2v) is 4.94. The third-order valence-corrected chi connectivity index (χ3v) is 3.04. The first-order valence-corrected chi connectivity index (χ1v) is 6.30. The van der Waals surface area contributed by atoms with Crippen LogP contribution in [0.25, 0.3) is 0 Å². The maximum Gasteiger partial charge on any atom is 0.315 e. The van der Waals surface area contributed by atoms with E-state index in [4.69, 9.17) is 0 Å². The molecule has 0 saturated carbocycles. The van der Waals surface area contributed by atoms with Crippen LogP contribution >= 0.6 is 0 Å². The van der Waals surface area contributed by atoms with Gasteiger partial charge in [-0.25, -0.2) is 4.79 Å². The Morgan fingerprint density at radius 1 is 1.29 bits per heavy atom. The van der Waals surface area contributed by atoms with Gasteiger partial charge in [0.2, 0.25) is 0 Å². The van der Waals surface area contributed by atoms with Crippen LogP contribution in [-0.4, -0.2) is 12.1 Å². The number of hydrogen-bond acceptors (Lipinski definition) is 1. The first kappa shape index (κ1) is 12.0. The van der Waals surface area contributed by atoms with Gasteiger partial charge in [-0.05, 0) is 49.8 Å². The standard InChI is InChI=1S/C14H20N2O/c1-10(2)16-14(17)15-9-11-6-7-12-4-3-5-13(12)8-11/h6-8,10H,3-5,9H2,1-2H3,(H2,15,16,17). The van der Waals surface area contributed by atoms with E-state index in [2.05, 4.69) is 28.8 Å². The predicted octanol–water partition coefficient (Wildman–Crippen LogP) is 2.38. The third kappa shape index (κ3) is 3.22. The van der Waals surface area contributed by atoms with Gasteiger partial charge in [-0.2, -0.15) is 0 Å². The Morgan fingerprint density at radius 2 is 2.06 bits per heavy atom. The average molecular weight is 232 g/mol. The van der Waals surface area contributed by atoms with Crippen molar-refractivity contribution in [3.63, 3.8) is 0 Å². The minimum Gasteiger partial charge on any atom is -0.336 e. The van der Waals surface area contributed by atoms with Crippen molar-refractivity contribution in [2.24, 2.45) is 0 Å². The van der Waals surface area contributed by atoms with E-state index in [-0.39, 0.29) is 12.1 Å². The smallest absolute Gasteiger partial charge is 0.315 e. The minimum absolute atomic E-state index is 0.0968. The lowest BCUT2D eigenvalue weighted by Gasteiger charge is -2.10. The molecule has 1 aliphatic rings. The Kier molecular flexibility index (Phi) is 3.67. The number of fused-ring (bicyclic) bond motifs is 1.